The van der Waals surface area contributed by atoms with Gasteiger partial charge < -0.3 is 10.5 Å². The summed E-state index contributed by atoms with van der Waals surface area (Å²) in [5.74, 6) is 0. The first-order valence-corrected chi connectivity index (χ1v) is 13.0. The number of hydrogen-bond donors (Lipinski definition) is 2. The van der Waals surface area contributed by atoms with Gasteiger partial charge in [-0.15, -0.1) is 0 Å². The lowest BCUT2D eigenvalue weighted by Crippen LogP contribution is -2.49. The standard InChI is InChI=1S/C27H26BN3O2S/c1-17-10-12-21(13-11-17)34(32,33)31-15-22-18(2)14-24(19(3)23(22)16-31)28-29-25-8-4-6-20-7-5-9-26(30-28)27(20)25/h4-14,29-30H,15-16H2,1-3H3. The van der Waals surface area contributed by atoms with Gasteiger partial charge in [0.05, 0.1) is 4.90 Å². The maximum Gasteiger partial charge on any atom is 0.406 e. The van der Waals surface area contributed by atoms with Gasteiger partial charge in [0, 0.05) is 29.9 Å². The van der Waals surface area contributed by atoms with Crippen LogP contribution in [0.5, 0.6) is 0 Å². The third kappa shape index (κ3) is 3.22. The van der Waals surface area contributed by atoms with Crippen LogP contribution in [0.4, 0.5) is 11.4 Å². The first-order chi connectivity index (χ1) is 16.3. The summed E-state index contributed by atoms with van der Waals surface area (Å²) < 4.78 is 28.3. The number of sulfonamides is 1. The smallest absolute Gasteiger partial charge is 0.405 e. The molecule has 0 aliphatic carbocycles. The molecular formula is C27H26BN3O2S. The van der Waals surface area contributed by atoms with Crippen molar-refractivity contribution in [3.05, 3.63) is 94.5 Å². The topological polar surface area (TPSA) is 61.4 Å². The molecule has 0 saturated heterocycles. The molecule has 170 valence electrons. The molecule has 0 aromatic heterocycles. The molecule has 2 heterocycles. The van der Waals surface area contributed by atoms with E-state index in [0.29, 0.717) is 18.0 Å². The second-order valence-corrected chi connectivity index (χ2v) is 11.3. The van der Waals surface area contributed by atoms with Crippen molar-refractivity contribution < 1.29 is 8.42 Å². The van der Waals surface area contributed by atoms with Crippen molar-refractivity contribution in [1.29, 1.82) is 0 Å². The number of benzene rings is 4. The van der Waals surface area contributed by atoms with Crippen molar-refractivity contribution in [3.63, 3.8) is 0 Å². The monoisotopic (exact) mass is 467 g/mol. The minimum Gasteiger partial charge on any atom is -0.405 e. The highest BCUT2D eigenvalue weighted by molar-refractivity contribution is 7.89. The Bertz CT molecular complexity index is 1520. The predicted molar refractivity (Wildman–Crippen MR) is 140 cm³/mol. The second-order valence-electron chi connectivity index (χ2n) is 9.38. The molecule has 0 spiro atoms. The molecule has 4 aromatic rings. The van der Waals surface area contributed by atoms with E-state index in [1.807, 2.05) is 19.1 Å². The first kappa shape index (κ1) is 21.3. The quantitative estimate of drug-likeness (QED) is 0.429. The number of nitrogens with one attached hydrogen (secondary N) is 2. The van der Waals surface area contributed by atoms with Crippen LogP contribution in [0.25, 0.3) is 10.8 Å². The first-order valence-electron chi connectivity index (χ1n) is 11.6. The van der Waals surface area contributed by atoms with Crippen molar-refractivity contribution in [2.75, 3.05) is 10.5 Å². The highest BCUT2D eigenvalue weighted by Gasteiger charge is 2.35. The van der Waals surface area contributed by atoms with Crippen molar-refractivity contribution in [2.24, 2.45) is 0 Å². The SMILES string of the molecule is Cc1ccc(S(=O)(=O)N2Cc3c(C)cc(B4Nc5cccc6cccc(c56)N4)c(C)c3C2)cc1. The summed E-state index contributed by atoms with van der Waals surface area (Å²) in [6.07, 6.45) is 0. The van der Waals surface area contributed by atoms with Crippen molar-refractivity contribution in [1.82, 2.24) is 4.31 Å². The minimum atomic E-state index is -3.56. The van der Waals surface area contributed by atoms with Crippen LogP contribution >= 0.6 is 0 Å². The van der Waals surface area contributed by atoms with Crippen LogP contribution in [-0.4, -0.2) is 19.7 Å². The van der Waals surface area contributed by atoms with Crippen LogP contribution in [-0.2, 0) is 23.1 Å². The summed E-state index contributed by atoms with van der Waals surface area (Å²) in [6.45, 7) is 6.87. The zero-order valence-corrected chi connectivity index (χ0v) is 20.3. The van der Waals surface area contributed by atoms with Crippen LogP contribution < -0.4 is 15.9 Å². The Kier molecular flexibility index (Phi) is 4.76. The average Bonchev–Trinajstić information content (AvgIpc) is 3.30. The summed E-state index contributed by atoms with van der Waals surface area (Å²) in [5, 5.41) is 9.74. The summed E-state index contributed by atoms with van der Waals surface area (Å²) in [7, 11) is -3.56. The van der Waals surface area contributed by atoms with E-state index in [1.54, 1.807) is 16.4 Å². The molecule has 0 bridgehead atoms. The van der Waals surface area contributed by atoms with E-state index in [9.17, 15) is 8.42 Å². The maximum absolute atomic E-state index is 13.4. The van der Waals surface area contributed by atoms with Gasteiger partial charge in [-0.2, -0.15) is 4.31 Å². The molecule has 0 fully saturated rings. The van der Waals surface area contributed by atoms with E-state index in [0.717, 1.165) is 44.7 Å². The molecule has 2 aliphatic heterocycles. The zero-order chi connectivity index (χ0) is 23.6. The highest BCUT2D eigenvalue weighted by Crippen LogP contribution is 2.36. The lowest BCUT2D eigenvalue weighted by molar-refractivity contribution is 0.431. The molecule has 4 aromatic carbocycles. The molecule has 0 saturated carbocycles. The van der Waals surface area contributed by atoms with Crippen LogP contribution in [0.2, 0.25) is 0 Å². The zero-order valence-electron chi connectivity index (χ0n) is 19.5. The molecular weight excluding hydrogens is 441 g/mol. The molecule has 0 atom stereocenters. The molecule has 2 N–H and O–H groups in total. The molecule has 6 rings (SSSR count). The van der Waals surface area contributed by atoms with Gasteiger partial charge in [-0.1, -0.05) is 48.0 Å². The number of fused-ring (bicyclic) bond motifs is 1. The maximum atomic E-state index is 13.4. The van der Waals surface area contributed by atoms with Gasteiger partial charge in [-0.05, 0) is 78.1 Å². The van der Waals surface area contributed by atoms with Crippen molar-refractivity contribution in [3.8, 4) is 0 Å². The summed E-state index contributed by atoms with van der Waals surface area (Å²) in [4.78, 5) is 0.349. The molecule has 5 nitrogen and oxygen atoms in total. The Morgan fingerprint density at radius 2 is 1.44 bits per heavy atom. The molecule has 7 heteroatoms. The van der Waals surface area contributed by atoms with Crippen LogP contribution in [0.3, 0.4) is 0 Å². The van der Waals surface area contributed by atoms with E-state index >= 15 is 0 Å². The molecule has 2 aliphatic rings. The van der Waals surface area contributed by atoms with Crippen LogP contribution in [0.1, 0.15) is 27.8 Å². The number of aryl methyl sites for hydroxylation is 2. The van der Waals surface area contributed by atoms with Gasteiger partial charge in [0.1, 0.15) is 0 Å². The Hall–Kier alpha value is -3.29. The summed E-state index contributed by atoms with van der Waals surface area (Å²) >= 11 is 0. The van der Waals surface area contributed by atoms with Gasteiger partial charge >= 0.3 is 6.98 Å². The van der Waals surface area contributed by atoms with Gasteiger partial charge in [0.15, 0.2) is 0 Å². The molecule has 0 radical (unpaired) electrons. The number of hydrogen-bond acceptors (Lipinski definition) is 4. The Labute approximate surface area is 201 Å². The Morgan fingerprint density at radius 1 is 0.824 bits per heavy atom. The third-order valence-corrected chi connectivity index (χ3v) is 9.05. The molecule has 0 amide bonds. The Balaban J connectivity index is 1.36. The summed E-state index contributed by atoms with van der Waals surface area (Å²) in [6, 6.07) is 21.9. The second kappa shape index (κ2) is 7.62. The van der Waals surface area contributed by atoms with Crippen LogP contribution in [0, 0.1) is 20.8 Å². The predicted octanol–water partition coefficient (Wildman–Crippen LogP) is 4.70. The molecule has 0 unspecified atom stereocenters. The number of rotatable bonds is 3. The highest BCUT2D eigenvalue weighted by atomic mass is 32.2. The fraction of sp³-hybridized carbons (Fsp3) is 0.185. The van der Waals surface area contributed by atoms with Gasteiger partial charge in [-0.3, -0.25) is 0 Å². The average molecular weight is 467 g/mol. The van der Waals surface area contributed by atoms with E-state index in [2.05, 4.69) is 66.8 Å². The van der Waals surface area contributed by atoms with Gasteiger partial charge in [-0.25, -0.2) is 8.42 Å². The van der Waals surface area contributed by atoms with Crippen molar-refractivity contribution >= 4 is 44.6 Å². The molecule has 34 heavy (non-hydrogen) atoms. The van der Waals surface area contributed by atoms with Gasteiger partial charge in [0.25, 0.3) is 0 Å². The number of nitrogens with zero attached hydrogens (tertiary/aromatic N) is 1. The van der Waals surface area contributed by atoms with E-state index in [-0.39, 0.29) is 6.98 Å². The lowest BCUT2D eigenvalue weighted by Gasteiger charge is -2.28. The van der Waals surface area contributed by atoms with E-state index < -0.39 is 10.0 Å². The lowest BCUT2D eigenvalue weighted by atomic mass is 9.63. The van der Waals surface area contributed by atoms with E-state index in [1.165, 1.54) is 10.8 Å². The largest absolute Gasteiger partial charge is 0.406 e. The fourth-order valence-electron chi connectivity index (χ4n) is 5.32. The summed E-state index contributed by atoms with van der Waals surface area (Å²) in [5.41, 5.74) is 8.91. The Morgan fingerprint density at radius 3 is 2.09 bits per heavy atom. The minimum absolute atomic E-state index is 0.0905. The van der Waals surface area contributed by atoms with Gasteiger partial charge in [0.2, 0.25) is 10.0 Å². The fourth-order valence-corrected chi connectivity index (χ4v) is 6.70. The third-order valence-electron chi connectivity index (χ3n) is 7.24. The number of anilines is 2. The van der Waals surface area contributed by atoms with Crippen molar-refractivity contribution in [2.45, 2.75) is 38.8 Å². The van der Waals surface area contributed by atoms with Crippen LogP contribution in [0.15, 0.2) is 71.6 Å². The van der Waals surface area contributed by atoms with E-state index in [4.69, 9.17) is 0 Å². The normalized spacial score (nSPS) is 15.2.